The number of hydrogen-bond donors (Lipinski definition) is 1. The second-order valence-electron chi connectivity index (χ2n) is 9.12. The molecule has 2 heterocycles. The van der Waals surface area contributed by atoms with Gasteiger partial charge in [0.1, 0.15) is 12.4 Å². The van der Waals surface area contributed by atoms with Crippen LogP contribution in [0, 0.1) is 6.92 Å². The maximum atomic E-state index is 6.33. The number of aryl methyl sites for hydroxylation is 1. The first-order valence-corrected chi connectivity index (χ1v) is 11.9. The summed E-state index contributed by atoms with van der Waals surface area (Å²) in [7, 11) is 4.20. The molecule has 0 fully saturated rings. The third-order valence-electron chi connectivity index (χ3n) is 6.46. The number of aromatic nitrogens is 3. The maximum Gasteiger partial charge on any atom is 0.138 e. The molecule has 0 aliphatic carbocycles. The van der Waals surface area contributed by atoms with Crippen molar-refractivity contribution in [1.29, 1.82) is 0 Å². The quantitative estimate of drug-likeness (QED) is 0.300. The largest absolute Gasteiger partial charge is 0.490 e. The molecule has 1 atom stereocenters. The van der Waals surface area contributed by atoms with Crippen molar-refractivity contribution in [2.24, 2.45) is 0 Å². The van der Waals surface area contributed by atoms with Crippen molar-refractivity contribution < 1.29 is 4.74 Å². The van der Waals surface area contributed by atoms with Gasteiger partial charge in [0.15, 0.2) is 0 Å². The highest BCUT2D eigenvalue weighted by Gasteiger charge is 2.16. The zero-order valence-corrected chi connectivity index (χ0v) is 20.4. The predicted molar refractivity (Wildman–Crippen MR) is 143 cm³/mol. The topological polar surface area (TPSA) is 54.0 Å². The third-order valence-corrected chi connectivity index (χ3v) is 6.46. The van der Waals surface area contributed by atoms with E-state index in [1.54, 1.807) is 0 Å². The fourth-order valence-electron chi connectivity index (χ4n) is 4.35. The predicted octanol–water partition coefficient (Wildman–Crippen LogP) is 6.15. The van der Waals surface area contributed by atoms with Crippen LogP contribution in [0.3, 0.4) is 0 Å². The zero-order valence-electron chi connectivity index (χ0n) is 20.4. The van der Waals surface area contributed by atoms with Crippen LogP contribution in [0.1, 0.15) is 11.3 Å². The van der Waals surface area contributed by atoms with E-state index in [0.717, 1.165) is 51.2 Å². The van der Waals surface area contributed by atoms with Gasteiger partial charge < -0.3 is 9.64 Å². The number of hydrogen-bond acceptors (Lipinski definition) is 4. The molecule has 5 aromatic rings. The Bertz CT molecular complexity index is 1410. The summed E-state index contributed by atoms with van der Waals surface area (Å²) in [5.41, 5.74) is 7.46. The molecule has 0 saturated heterocycles. The van der Waals surface area contributed by atoms with Crippen molar-refractivity contribution >= 4 is 10.9 Å². The van der Waals surface area contributed by atoms with Crippen LogP contribution in [0.25, 0.3) is 33.3 Å². The molecule has 0 bridgehead atoms. The van der Waals surface area contributed by atoms with Crippen molar-refractivity contribution in [3.63, 3.8) is 0 Å². The molecule has 5 heteroatoms. The molecular weight excluding hydrogens is 432 g/mol. The third kappa shape index (κ3) is 5.10. The van der Waals surface area contributed by atoms with E-state index in [-0.39, 0.29) is 6.04 Å². The molecule has 1 N–H and O–H groups in total. The highest BCUT2D eigenvalue weighted by molar-refractivity contribution is 5.90. The lowest BCUT2D eigenvalue weighted by atomic mass is 9.98. The van der Waals surface area contributed by atoms with Gasteiger partial charge in [-0.1, -0.05) is 66.7 Å². The van der Waals surface area contributed by atoms with Crippen LogP contribution >= 0.6 is 0 Å². The smallest absolute Gasteiger partial charge is 0.138 e. The average molecular weight is 463 g/mol. The van der Waals surface area contributed by atoms with Crippen molar-refractivity contribution in [2.75, 3.05) is 20.7 Å². The van der Waals surface area contributed by atoms with Crippen molar-refractivity contribution in [1.82, 2.24) is 20.1 Å². The Morgan fingerprint density at radius 3 is 2.37 bits per heavy atom. The van der Waals surface area contributed by atoms with E-state index in [1.165, 1.54) is 5.56 Å². The van der Waals surface area contributed by atoms with Gasteiger partial charge in [-0.25, -0.2) is 0 Å². The van der Waals surface area contributed by atoms with E-state index in [0.29, 0.717) is 6.61 Å². The summed E-state index contributed by atoms with van der Waals surface area (Å²) in [6.45, 7) is 2.60. The first kappa shape index (κ1) is 22.8. The molecule has 3 aromatic carbocycles. The Morgan fingerprint density at radius 1 is 0.886 bits per heavy atom. The maximum absolute atomic E-state index is 6.33. The van der Waals surface area contributed by atoms with Crippen LogP contribution in [-0.2, 0) is 6.42 Å². The molecule has 176 valence electrons. The summed E-state index contributed by atoms with van der Waals surface area (Å²) in [5, 5.41) is 8.57. The lowest BCUT2D eigenvalue weighted by Crippen LogP contribution is -2.35. The van der Waals surface area contributed by atoms with Gasteiger partial charge in [-0.3, -0.25) is 10.1 Å². The number of nitrogens with zero attached hydrogens (tertiary/aromatic N) is 3. The fraction of sp³-hybridized carbons (Fsp3) is 0.200. The summed E-state index contributed by atoms with van der Waals surface area (Å²) >= 11 is 0. The van der Waals surface area contributed by atoms with Crippen molar-refractivity contribution in [3.05, 3.63) is 102 Å². The van der Waals surface area contributed by atoms with E-state index in [4.69, 9.17) is 9.72 Å². The number of ether oxygens (including phenoxy) is 1. The van der Waals surface area contributed by atoms with Gasteiger partial charge in [0.2, 0.25) is 0 Å². The Hall–Kier alpha value is -3.96. The van der Waals surface area contributed by atoms with Gasteiger partial charge >= 0.3 is 0 Å². The highest BCUT2D eigenvalue weighted by atomic mass is 16.5. The molecule has 0 saturated carbocycles. The number of likely N-dealkylation sites (N-methyl/N-ethyl adjacent to an activating group) is 1. The van der Waals surface area contributed by atoms with E-state index in [2.05, 4.69) is 95.9 Å². The van der Waals surface area contributed by atoms with E-state index >= 15 is 0 Å². The minimum absolute atomic E-state index is 0.250. The number of benzene rings is 3. The van der Waals surface area contributed by atoms with E-state index in [9.17, 15) is 0 Å². The summed E-state index contributed by atoms with van der Waals surface area (Å²) in [4.78, 5) is 7.08. The average Bonchev–Trinajstić information content (AvgIpc) is 3.27. The van der Waals surface area contributed by atoms with Crippen LogP contribution < -0.4 is 4.74 Å². The number of rotatable bonds is 8. The Morgan fingerprint density at radius 2 is 1.63 bits per heavy atom. The summed E-state index contributed by atoms with van der Waals surface area (Å²) in [6.07, 6.45) is 2.76. The summed E-state index contributed by atoms with van der Waals surface area (Å²) in [6, 6.07) is 29.6. The number of H-pyrrole nitrogens is 1. The van der Waals surface area contributed by atoms with Crippen LogP contribution in [-0.4, -0.2) is 46.8 Å². The van der Waals surface area contributed by atoms with Gasteiger partial charge in [-0.05, 0) is 56.8 Å². The molecular formula is C30H30N4O. The van der Waals surface area contributed by atoms with Gasteiger partial charge in [0.25, 0.3) is 0 Å². The minimum Gasteiger partial charge on any atom is -0.490 e. The molecule has 0 aliphatic heterocycles. The van der Waals surface area contributed by atoms with Gasteiger partial charge in [-0.15, -0.1) is 0 Å². The molecule has 0 amide bonds. The van der Waals surface area contributed by atoms with Gasteiger partial charge in [0.05, 0.1) is 23.1 Å². The molecule has 0 unspecified atom stereocenters. The van der Waals surface area contributed by atoms with E-state index < -0.39 is 0 Å². The Balaban J connectivity index is 1.47. The van der Waals surface area contributed by atoms with Crippen molar-refractivity contribution in [3.8, 4) is 28.1 Å². The summed E-state index contributed by atoms with van der Waals surface area (Å²) < 4.78 is 6.33. The number of aromatic amines is 1. The summed E-state index contributed by atoms with van der Waals surface area (Å²) in [5.74, 6) is 0.767. The number of pyridine rings is 1. The van der Waals surface area contributed by atoms with Crippen LogP contribution in [0.2, 0.25) is 0 Å². The lowest BCUT2D eigenvalue weighted by Gasteiger charge is -2.25. The molecule has 0 aliphatic rings. The van der Waals surface area contributed by atoms with E-state index in [1.807, 2.05) is 31.3 Å². The normalized spacial score (nSPS) is 12.2. The second-order valence-corrected chi connectivity index (χ2v) is 9.12. The minimum atomic E-state index is 0.250. The molecule has 0 radical (unpaired) electrons. The molecule has 35 heavy (non-hydrogen) atoms. The zero-order chi connectivity index (χ0) is 24.2. The van der Waals surface area contributed by atoms with Crippen LogP contribution in [0.15, 0.2) is 91.1 Å². The standard InChI is InChI=1S/C30H30N4O/c1-21-27-17-24(14-15-29(27)33-32-21)28-18-26(19-31-30(28)23-12-8-5-9-13-23)35-20-25(34(2)3)16-22-10-6-4-7-11-22/h4-15,17-19,25H,16,20H2,1-3H3,(H,32,33)/t25-/m0/s1. The second kappa shape index (κ2) is 10.1. The SMILES string of the molecule is Cc1n[nH]c2ccc(-c3cc(OC[C@H](Cc4ccccc4)N(C)C)cnc3-c3ccccc3)cc12. The Labute approximate surface area is 206 Å². The van der Waals surface area contributed by atoms with Crippen LogP contribution in [0.4, 0.5) is 0 Å². The monoisotopic (exact) mass is 462 g/mol. The lowest BCUT2D eigenvalue weighted by molar-refractivity contribution is 0.184. The molecule has 5 nitrogen and oxygen atoms in total. The first-order chi connectivity index (χ1) is 17.1. The van der Waals surface area contributed by atoms with Crippen LogP contribution in [0.5, 0.6) is 5.75 Å². The number of fused-ring (bicyclic) bond motifs is 1. The van der Waals surface area contributed by atoms with Gasteiger partial charge in [0, 0.05) is 22.6 Å². The molecule has 0 spiro atoms. The first-order valence-electron chi connectivity index (χ1n) is 11.9. The number of nitrogens with one attached hydrogen (secondary N) is 1. The molecule has 2 aromatic heterocycles. The fourth-order valence-corrected chi connectivity index (χ4v) is 4.35. The molecule has 5 rings (SSSR count). The highest BCUT2D eigenvalue weighted by Crippen LogP contribution is 2.35. The van der Waals surface area contributed by atoms with Gasteiger partial charge in [-0.2, -0.15) is 5.10 Å². The van der Waals surface area contributed by atoms with Crippen molar-refractivity contribution in [2.45, 2.75) is 19.4 Å². The Kier molecular flexibility index (Phi) is 6.59.